The van der Waals surface area contributed by atoms with Crippen LogP contribution >= 0.6 is 11.3 Å². The van der Waals surface area contributed by atoms with Crippen molar-refractivity contribution in [2.45, 2.75) is 32.2 Å². The summed E-state index contributed by atoms with van der Waals surface area (Å²) < 4.78 is 0. The summed E-state index contributed by atoms with van der Waals surface area (Å²) in [5.74, 6) is -0.718. The fourth-order valence-electron chi connectivity index (χ4n) is 2.73. The van der Waals surface area contributed by atoms with Gasteiger partial charge in [0.05, 0.1) is 17.2 Å². The van der Waals surface area contributed by atoms with Crippen LogP contribution in [0.1, 0.15) is 44.9 Å². The Labute approximate surface area is 114 Å². The van der Waals surface area contributed by atoms with Crippen molar-refractivity contribution in [1.29, 1.82) is 0 Å². The van der Waals surface area contributed by atoms with Gasteiger partial charge in [-0.05, 0) is 19.8 Å². The first-order chi connectivity index (χ1) is 9.00. The molecule has 1 aliphatic carbocycles. The van der Waals surface area contributed by atoms with Gasteiger partial charge in [-0.2, -0.15) is 0 Å². The quantitative estimate of drug-likeness (QED) is 0.584. The molecule has 0 aromatic carbocycles. The number of carbonyl (C=O) groups excluding carboxylic acids is 3. The summed E-state index contributed by atoms with van der Waals surface area (Å²) in [7, 11) is 0. The molecule has 2 heterocycles. The molecule has 0 radical (unpaired) electrons. The Hall–Kier alpha value is -1.75. The maximum atomic E-state index is 12.4. The molecule has 0 N–H and O–H groups in total. The summed E-state index contributed by atoms with van der Waals surface area (Å²) in [4.78, 5) is 38.7. The Morgan fingerprint density at radius 1 is 1.32 bits per heavy atom. The topological polar surface area (TPSA) is 54.5 Å². The predicted molar refractivity (Wildman–Crippen MR) is 71.3 cm³/mol. The lowest BCUT2D eigenvalue weighted by atomic mass is 9.89. The number of Topliss-reactive ketones (excluding diaryl/α,β-unsaturated/α-hetero) is 1. The molecule has 98 valence electrons. The van der Waals surface area contributed by atoms with Crippen molar-refractivity contribution >= 4 is 28.9 Å². The van der Waals surface area contributed by atoms with Crippen LogP contribution in [0.15, 0.2) is 17.5 Å². The number of thiophene rings is 1. The second kappa shape index (κ2) is 4.13. The highest BCUT2D eigenvalue weighted by Crippen LogP contribution is 2.34. The number of fused-ring (bicyclic) bond motifs is 1. The molecule has 1 aromatic rings. The molecular weight excluding hydrogens is 262 g/mol. The third kappa shape index (κ3) is 1.69. The molecule has 1 aliphatic heterocycles. The van der Waals surface area contributed by atoms with E-state index in [2.05, 4.69) is 6.58 Å². The van der Waals surface area contributed by atoms with Gasteiger partial charge in [-0.1, -0.05) is 12.2 Å². The van der Waals surface area contributed by atoms with E-state index in [-0.39, 0.29) is 24.0 Å². The van der Waals surface area contributed by atoms with Crippen molar-refractivity contribution in [3.63, 3.8) is 0 Å². The van der Waals surface area contributed by atoms with Crippen LogP contribution in [0.4, 0.5) is 0 Å². The highest BCUT2D eigenvalue weighted by molar-refractivity contribution is 7.10. The van der Waals surface area contributed by atoms with Crippen molar-refractivity contribution < 1.29 is 14.4 Å². The van der Waals surface area contributed by atoms with Crippen molar-refractivity contribution in [2.24, 2.45) is 0 Å². The van der Waals surface area contributed by atoms with Gasteiger partial charge < -0.3 is 0 Å². The molecule has 19 heavy (non-hydrogen) atoms. The lowest BCUT2D eigenvalue weighted by Crippen LogP contribution is -2.46. The monoisotopic (exact) mass is 275 g/mol. The van der Waals surface area contributed by atoms with E-state index in [4.69, 9.17) is 0 Å². The second-order valence-electron chi connectivity index (χ2n) is 5.01. The first kappa shape index (κ1) is 12.3. The molecule has 0 bridgehead atoms. The van der Waals surface area contributed by atoms with E-state index in [9.17, 15) is 14.4 Å². The number of imide groups is 1. The SMILES string of the molecule is C=C1CCC(N2C(=O)c3csc(C)c3C2=O)C(=O)C1. The fourth-order valence-corrected chi connectivity index (χ4v) is 3.56. The maximum Gasteiger partial charge on any atom is 0.263 e. The van der Waals surface area contributed by atoms with E-state index in [1.54, 1.807) is 5.38 Å². The van der Waals surface area contributed by atoms with Gasteiger partial charge in [0.2, 0.25) is 0 Å². The Balaban J connectivity index is 1.96. The zero-order chi connectivity index (χ0) is 13.7. The fraction of sp³-hybridized carbons (Fsp3) is 0.357. The summed E-state index contributed by atoms with van der Waals surface area (Å²) in [6.45, 7) is 5.62. The second-order valence-corrected chi connectivity index (χ2v) is 6.09. The Bertz CT molecular complexity index is 629. The van der Waals surface area contributed by atoms with Crippen LogP contribution in [-0.2, 0) is 4.79 Å². The van der Waals surface area contributed by atoms with E-state index in [0.29, 0.717) is 24.0 Å². The minimum atomic E-state index is -0.609. The highest BCUT2D eigenvalue weighted by Gasteiger charge is 2.44. The van der Waals surface area contributed by atoms with Gasteiger partial charge in [-0.25, -0.2) is 0 Å². The van der Waals surface area contributed by atoms with Crippen molar-refractivity contribution in [2.75, 3.05) is 0 Å². The van der Waals surface area contributed by atoms with Gasteiger partial charge in [-0.3, -0.25) is 19.3 Å². The third-order valence-corrected chi connectivity index (χ3v) is 4.65. The molecule has 5 heteroatoms. The van der Waals surface area contributed by atoms with E-state index in [0.717, 1.165) is 15.4 Å². The van der Waals surface area contributed by atoms with Crippen LogP contribution in [0.25, 0.3) is 0 Å². The molecule has 1 saturated carbocycles. The molecule has 1 fully saturated rings. The van der Waals surface area contributed by atoms with Gasteiger partial charge in [0.1, 0.15) is 0 Å². The Kier molecular flexibility index (Phi) is 2.67. The van der Waals surface area contributed by atoms with E-state index in [1.807, 2.05) is 6.92 Å². The molecule has 1 aromatic heterocycles. The van der Waals surface area contributed by atoms with Crippen LogP contribution in [0.3, 0.4) is 0 Å². The molecule has 2 amide bonds. The largest absolute Gasteiger partial charge is 0.297 e. The van der Waals surface area contributed by atoms with E-state index in [1.165, 1.54) is 11.3 Å². The lowest BCUT2D eigenvalue weighted by molar-refractivity contribution is -0.123. The number of aryl methyl sites for hydroxylation is 1. The summed E-state index contributed by atoms with van der Waals surface area (Å²) in [6, 6.07) is -0.609. The molecule has 0 saturated heterocycles. The van der Waals surface area contributed by atoms with Crippen molar-refractivity contribution in [3.8, 4) is 0 Å². The van der Waals surface area contributed by atoms with E-state index >= 15 is 0 Å². The minimum Gasteiger partial charge on any atom is -0.297 e. The minimum absolute atomic E-state index is 0.0792. The van der Waals surface area contributed by atoms with Gasteiger partial charge >= 0.3 is 0 Å². The zero-order valence-corrected chi connectivity index (χ0v) is 11.4. The number of hydrogen-bond donors (Lipinski definition) is 0. The number of nitrogens with zero attached hydrogens (tertiary/aromatic N) is 1. The van der Waals surface area contributed by atoms with Gasteiger partial charge in [0.15, 0.2) is 5.78 Å². The first-order valence-electron chi connectivity index (χ1n) is 6.16. The number of rotatable bonds is 1. The van der Waals surface area contributed by atoms with Crippen LogP contribution in [0, 0.1) is 6.92 Å². The van der Waals surface area contributed by atoms with Crippen LogP contribution < -0.4 is 0 Å². The number of allylic oxidation sites excluding steroid dienone is 1. The normalized spacial score (nSPS) is 23.2. The smallest absolute Gasteiger partial charge is 0.263 e. The molecular formula is C14H13NO3S. The lowest BCUT2D eigenvalue weighted by Gasteiger charge is -2.29. The zero-order valence-electron chi connectivity index (χ0n) is 10.6. The summed E-state index contributed by atoms with van der Waals surface area (Å²) >= 11 is 1.40. The van der Waals surface area contributed by atoms with Gasteiger partial charge in [0, 0.05) is 16.7 Å². The van der Waals surface area contributed by atoms with Crippen LogP contribution in [0.2, 0.25) is 0 Å². The molecule has 0 spiro atoms. The molecule has 1 atom stereocenters. The Morgan fingerprint density at radius 3 is 2.68 bits per heavy atom. The maximum absolute atomic E-state index is 12.4. The number of ketones is 1. The number of hydrogen-bond acceptors (Lipinski definition) is 4. The average molecular weight is 275 g/mol. The molecule has 1 unspecified atom stereocenters. The number of carbonyl (C=O) groups is 3. The third-order valence-electron chi connectivity index (χ3n) is 3.74. The van der Waals surface area contributed by atoms with Gasteiger partial charge in [-0.15, -0.1) is 11.3 Å². The highest BCUT2D eigenvalue weighted by atomic mass is 32.1. The number of amides is 2. The average Bonchev–Trinajstić information content (AvgIpc) is 2.83. The molecule has 3 rings (SSSR count). The summed E-state index contributed by atoms with van der Waals surface area (Å²) in [5, 5.41) is 1.71. The van der Waals surface area contributed by atoms with Crippen molar-refractivity contribution in [1.82, 2.24) is 4.90 Å². The van der Waals surface area contributed by atoms with Gasteiger partial charge in [0.25, 0.3) is 11.8 Å². The Morgan fingerprint density at radius 2 is 2.05 bits per heavy atom. The first-order valence-corrected chi connectivity index (χ1v) is 7.04. The molecule has 4 nitrogen and oxygen atoms in total. The van der Waals surface area contributed by atoms with Crippen LogP contribution in [-0.4, -0.2) is 28.5 Å². The standard InChI is InChI=1S/C14H13NO3S/c1-7-3-4-10(11(16)5-7)15-13(17)9-6-19-8(2)12(9)14(15)18/h6,10H,1,3-5H2,2H3. The molecule has 2 aliphatic rings. The van der Waals surface area contributed by atoms with E-state index < -0.39 is 6.04 Å². The van der Waals surface area contributed by atoms with Crippen LogP contribution in [0.5, 0.6) is 0 Å². The summed E-state index contributed by atoms with van der Waals surface area (Å²) in [6.07, 6.45) is 1.47. The van der Waals surface area contributed by atoms with Crippen molar-refractivity contribution in [3.05, 3.63) is 33.5 Å². The summed E-state index contributed by atoms with van der Waals surface area (Å²) in [5.41, 5.74) is 1.81. The predicted octanol–water partition coefficient (Wildman–Crippen LogP) is 2.33.